The van der Waals surface area contributed by atoms with Crippen LogP contribution in [0.25, 0.3) is 16.6 Å². The Kier molecular flexibility index (Phi) is 4.69. The van der Waals surface area contributed by atoms with Crippen LogP contribution in [-0.4, -0.2) is 33.8 Å². The van der Waals surface area contributed by atoms with Gasteiger partial charge in [-0.3, -0.25) is 4.79 Å². The van der Waals surface area contributed by atoms with Gasteiger partial charge in [-0.15, -0.1) is 0 Å². The molecule has 0 unspecified atom stereocenters. The van der Waals surface area contributed by atoms with Crippen LogP contribution < -0.4 is 15.0 Å². The second-order valence-electron chi connectivity index (χ2n) is 7.64. The maximum Gasteiger partial charge on any atom is 0.293 e. The Labute approximate surface area is 177 Å². The normalized spacial score (nSPS) is 13.5. The zero-order chi connectivity index (χ0) is 21.5. The van der Waals surface area contributed by atoms with E-state index < -0.39 is 0 Å². The molecule has 0 spiro atoms. The van der Waals surface area contributed by atoms with E-state index in [0.29, 0.717) is 28.6 Å². The van der Waals surface area contributed by atoms with Crippen molar-refractivity contribution in [2.24, 2.45) is 0 Å². The van der Waals surface area contributed by atoms with Crippen LogP contribution in [0.15, 0.2) is 53.5 Å². The van der Waals surface area contributed by atoms with Crippen LogP contribution in [0.5, 0.6) is 11.5 Å². The Morgan fingerprint density at radius 1 is 1.06 bits per heavy atom. The van der Waals surface area contributed by atoms with Crippen LogP contribution in [0.2, 0.25) is 0 Å². The van der Waals surface area contributed by atoms with Gasteiger partial charge >= 0.3 is 0 Å². The Morgan fingerprint density at radius 2 is 1.74 bits per heavy atom. The van der Waals surface area contributed by atoms with Crippen molar-refractivity contribution in [1.29, 1.82) is 0 Å². The third kappa shape index (κ3) is 3.54. The summed E-state index contributed by atoms with van der Waals surface area (Å²) in [5.41, 5.74) is 2.51. The molecule has 8 heteroatoms. The topological polar surface area (TPSA) is 71.2 Å². The molecule has 1 saturated carbocycles. The first-order valence-electron chi connectivity index (χ1n) is 10.0. The fourth-order valence-corrected chi connectivity index (χ4v) is 3.77. The van der Waals surface area contributed by atoms with Gasteiger partial charge in [-0.1, -0.05) is 0 Å². The van der Waals surface area contributed by atoms with Crippen molar-refractivity contribution in [3.05, 3.63) is 76.1 Å². The molecule has 0 atom stereocenters. The van der Waals surface area contributed by atoms with Crippen molar-refractivity contribution in [2.45, 2.75) is 25.3 Å². The smallest absolute Gasteiger partial charge is 0.293 e. The van der Waals surface area contributed by atoms with E-state index in [1.165, 1.54) is 16.8 Å². The molecule has 0 radical (unpaired) electrons. The number of halogens is 1. The average molecular weight is 420 g/mol. The summed E-state index contributed by atoms with van der Waals surface area (Å²) >= 11 is 0. The third-order valence-electron chi connectivity index (χ3n) is 5.49. The van der Waals surface area contributed by atoms with Crippen molar-refractivity contribution >= 4 is 10.9 Å². The van der Waals surface area contributed by atoms with Crippen molar-refractivity contribution in [1.82, 2.24) is 19.6 Å². The van der Waals surface area contributed by atoms with Crippen LogP contribution in [0.3, 0.4) is 0 Å². The first kappa shape index (κ1) is 19.3. The quantitative estimate of drug-likeness (QED) is 0.476. The van der Waals surface area contributed by atoms with Crippen molar-refractivity contribution in [2.75, 3.05) is 14.2 Å². The lowest BCUT2D eigenvalue weighted by molar-refractivity contribution is 0.393. The highest BCUT2D eigenvalue weighted by atomic mass is 19.1. The van der Waals surface area contributed by atoms with Gasteiger partial charge in [-0.2, -0.15) is 10.2 Å². The third-order valence-corrected chi connectivity index (χ3v) is 5.49. The zero-order valence-electron chi connectivity index (χ0n) is 17.2. The molecular formula is C23H21FN4O3. The number of nitrogens with zero attached hydrogens (tertiary/aromatic N) is 4. The molecule has 0 aliphatic heterocycles. The van der Waals surface area contributed by atoms with Crippen LogP contribution in [0.4, 0.5) is 4.39 Å². The minimum Gasteiger partial charge on any atom is -0.497 e. The van der Waals surface area contributed by atoms with Gasteiger partial charge in [-0.05, 0) is 54.8 Å². The van der Waals surface area contributed by atoms with Gasteiger partial charge in [0.1, 0.15) is 22.8 Å². The summed E-state index contributed by atoms with van der Waals surface area (Å²) in [5, 5.41) is 9.88. The minimum absolute atomic E-state index is 0.261. The van der Waals surface area contributed by atoms with Gasteiger partial charge in [0.15, 0.2) is 0 Å². The van der Waals surface area contributed by atoms with E-state index in [1.807, 2.05) is 12.1 Å². The fourth-order valence-electron chi connectivity index (χ4n) is 3.77. The number of hydrogen-bond acceptors (Lipinski definition) is 5. The summed E-state index contributed by atoms with van der Waals surface area (Å²) in [7, 11) is 3.17. The van der Waals surface area contributed by atoms with Crippen molar-refractivity contribution in [3.8, 4) is 17.2 Å². The van der Waals surface area contributed by atoms with E-state index in [4.69, 9.17) is 14.6 Å². The SMILES string of the molecule is COc1cc(Cn2nc(C3CC3)c3cnn(-c4ccc(F)cc4)c3c2=O)cc(OC)c1. The molecule has 5 rings (SSSR count). The molecule has 158 valence electrons. The summed E-state index contributed by atoms with van der Waals surface area (Å²) in [4.78, 5) is 13.5. The first-order valence-corrected chi connectivity index (χ1v) is 10.0. The van der Waals surface area contributed by atoms with Crippen LogP contribution in [0, 0.1) is 5.82 Å². The molecule has 31 heavy (non-hydrogen) atoms. The summed E-state index contributed by atoms with van der Waals surface area (Å²) in [6.45, 7) is 0.261. The van der Waals surface area contributed by atoms with E-state index >= 15 is 0 Å². The zero-order valence-corrected chi connectivity index (χ0v) is 17.2. The molecule has 4 aromatic rings. The maximum atomic E-state index is 13.5. The van der Waals surface area contributed by atoms with Gasteiger partial charge < -0.3 is 9.47 Å². The molecule has 1 fully saturated rings. The molecular weight excluding hydrogens is 399 g/mol. The molecule has 7 nitrogen and oxygen atoms in total. The van der Waals surface area contributed by atoms with Crippen LogP contribution in [0.1, 0.15) is 30.0 Å². The second-order valence-corrected chi connectivity index (χ2v) is 7.64. The number of ether oxygens (including phenoxy) is 2. The molecule has 2 aromatic heterocycles. The van der Waals surface area contributed by atoms with Crippen molar-refractivity contribution < 1.29 is 13.9 Å². The lowest BCUT2D eigenvalue weighted by atomic mass is 10.1. The molecule has 0 bridgehead atoms. The van der Waals surface area contributed by atoms with E-state index in [0.717, 1.165) is 29.5 Å². The predicted molar refractivity (Wildman–Crippen MR) is 114 cm³/mol. The van der Waals surface area contributed by atoms with Crippen LogP contribution >= 0.6 is 0 Å². The maximum absolute atomic E-state index is 13.5. The van der Waals surface area contributed by atoms with Gasteiger partial charge in [0.05, 0.1) is 38.3 Å². The van der Waals surface area contributed by atoms with Crippen LogP contribution in [-0.2, 0) is 6.54 Å². The lowest BCUT2D eigenvalue weighted by Gasteiger charge is -2.12. The summed E-state index contributed by atoms with van der Waals surface area (Å²) in [5.74, 6) is 1.26. The number of hydrogen-bond donors (Lipinski definition) is 0. The molecule has 0 N–H and O–H groups in total. The van der Waals surface area contributed by atoms with Gasteiger partial charge in [-0.25, -0.2) is 13.8 Å². The lowest BCUT2D eigenvalue weighted by Crippen LogP contribution is -2.26. The van der Waals surface area contributed by atoms with Gasteiger partial charge in [0, 0.05) is 17.4 Å². The highest BCUT2D eigenvalue weighted by Gasteiger charge is 2.30. The standard InChI is InChI=1S/C23H21FN4O3/c1-30-18-9-14(10-19(11-18)31-2)13-27-23(29)22-20(21(26-27)15-3-4-15)12-25-28(22)17-7-5-16(24)6-8-17/h5-12,15H,3-4,13H2,1-2H3. The monoisotopic (exact) mass is 420 g/mol. The summed E-state index contributed by atoms with van der Waals surface area (Å²) in [6, 6.07) is 11.4. The molecule has 2 aromatic carbocycles. The number of rotatable bonds is 6. The van der Waals surface area contributed by atoms with E-state index in [9.17, 15) is 9.18 Å². The molecule has 0 amide bonds. The van der Waals surface area contributed by atoms with E-state index in [2.05, 4.69) is 5.10 Å². The Hall–Kier alpha value is -3.68. The highest BCUT2D eigenvalue weighted by Crippen LogP contribution is 2.41. The Morgan fingerprint density at radius 3 is 2.35 bits per heavy atom. The summed E-state index contributed by atoms with van der Waals surface area (Å²) < 4.78 is 27.1. The molecule has 1 aliphatic rings. The number of fused-ring (bicyclic) bond motifs is 1. The van der Waals surface area contributed by atoms with E-state index in [1.54, 1.807) is 43.3 Å². The molecule has 2 heterocycles. The van der Waals surface area contributed by atoms with Crippen molar-refractivity contribution in [3.63, 3.8) is 0 Å². The average Bonchev–Trinajstić information content (AvgIpc) is 3.54. The number of aromatic nitrogens is 4. The van der Waals surface area contributed by atoms with Gasteiger partial charge in [0.25, 0.3) is 5.56 Å². The Bertz CT molecular complexity index is 1300. The molecule has 1 aliphatic carbocycles. The highest BCUT2D eigenvalue weighted by molar-refractivity contribution is 5.82. The first-order chi connectivity index (χ1) is 15.1. The number of methoxy groups -OCH3 is 2. The Balaban J connectivity index is 1.67. The fraction of sp³-hybridized carbons (Fsp3) is 0.261. The van der Waals surface area contributed by atoms with Gasteiger partial charge in [0.2, 0.25) is 0 Å². The molecule has 0 saturated heterocycles. The minimum atomic E-state index is -0.343. The summed E-state index contributed by atoms with van der Waals surface area (Å²) in [6.07, 6.45) is 3.75. The van der Waals surface area contributed by atoms with E-state index in [-0.39, 0.29) is 17.9 Å². The predicted octanol–water partition coefficient (Wildman–Crippen LogP) is 3.66. The number of benzene rings is 2. The second kappa shape index (κ2) is 7.54. The largest absolute Gasteiger partial charge is 0.497 e.